The summed E-state index contributed by atoms with van der Waals surface area (Å²) in [5, 5.41) is 4.36. The fourth-order valence-corrected chi connectivity index (χ4v) is 2.37. The number of fused-ring (bicyclic) bond motifs is 1. The first-order valence-corrected chi connectivity index (χ1v) is 6.82. The van der Waals surface area contributed by atoms with Crippen molar-refractivity contribution in [2.45, 2.75) is 33.4 Å². The Labute approximate surface area is 119 Å². The number of hydrogen-bond donors (Lipinski definition) is 1. The van der Waals surface area contributed by atoms with E-state index < -0.39 is 0 Å². The molecule has 0 fully saturated rings. The first-order chi connectivity index (χ1) is 9.54. The molecule has 1 heterocycles. The molecular weight excluding hydrogens is 254 g/mol. The maximum atomic E-state index is 11.8. The summed E-state index contributed by atoms with van der Waals surface area (Å²) in [6.07, 6.45) is 0. The van der Waals surface area contributed by atoms with Crippen LogP contribution in [0.3, 0.4) is 0 Å². The van der Waals surface area contributed by atoms with Crippen molar-refractivity contribution in [3.63, 3.8) is 0 Å². The fraction of sp³-hybridized carbons (Fsp3) is 0.438. The zero-order valence-corrected chi connectivity index (χ0v) is 12.4. The van der Waals surface area contributed by atoms with Gasteiger partial charge in [-0.3, -0.25) is 10.1 Å². The smallest absolute Gasteiger partial charge is 0.323 e. The van der Waals surface area contributed by atoms with Crippen LogP contribution >= 0.6 is 0 Å². The number of furan rings is 1. The van der Waals surface area contributed by atoms with Crippen LogP contribution in [0.2, 0.25) is 0 Å². The molecule has 0 unspecified atom stereocenters. The topological polar surface area (TPSA) is 51.5 Å². The van der Waals surface area contributed by atoms with Gasteiger partial charge in [0, 0.05) is 17.5 Å². The number of carbonyl (C=O) groups excluding carboxylic acids is 1. The van der Waals surface area contributed by atoms with Crippen molar-refractivity contribution in [1.82, 2.24) is 5.32 Å². The van der Waals surface area contributed by atoms with Crippen LogP contribution in [0, 0.1) is 12.8 Å². The highest BCUT2D eigenvalue weighted by Crippen LogP contribution is 2.25. The molecule has 2 aromatic rings. The van der Waals surface area contributed by atoms with E-state index in [9.17, 15) is 4.79 Å². The van der Waals surface area contributed by atoms with E-state index in [4.69, 9.17) is 9.15 Å². The number of rotatable bonds is 5. The maximum Gasteiger partial charge on any atom is 0.323 e. The summed E-state index contributed by atoms with van der Waals surface area (Å²) >= 11 is 0. The maximum absolute atomic E-state index is 11.8. The molecule has 1 atom stereocenters. The fourth-order valence-electron chi connectivity index (χ4n) is 2.37. The molecule has 0 bridgehead atoms. The lowest BCUT2D eigenvalue weighted by Gasteiger charge is -2.19. The molecular formula is C16H21NO3. The van der Waals surface area contributed by atoms with Crippen LogP contribution in [0.1, 0.15) is 25.2 Å². The highest BCUT2D eigenvalue weighted by atomic mass is 16.5. The Bertz CT molecular complexity index is 601. The van der Waals surface area contributed by atoms with E-state index in [0.29, 0.717) is 6.54 Å². The van der Waals surface area contributed by atoms with E-state index in [1.165, 1.54) is 7.11 Å². The van der Waals surface area contributed by atoms with Gasteiger partial charge in [-0.1, -0.05) is 32.0 Å². The van der Waals surface area contributed by atoms with Crippen molar-refractivity contribution >= 4 is 16.9 Å². The zero-order valence-electron chi connectivity index (χ0n) is 12.4. The Morgan fingerprint density at radius 3 is 2.70 bits per heavy atom. The number of benzene rings is 1. The first kappa shape index (κ1) is 14.6. The van der Waals surface area contributed by atoms with Gasteiger partial charge >= 0.3 is 5.97 Å². The van der Waals surface area contributed by atoms with Gasteiger partial charge in [-0.2, -0.15) is 0 Å². The lowest BCUT2D eigenvalue weighted by atomic mass is 10.0. The van der Waals surface area contributed by atoms with Crippen LogP contribution in [0.4, 0.5) is 0 Å². The highest BCUT2D eigenvalue weighted by Gasteiger charge is 2.23. The molecule has 0 spiro atoms. The van der Waals surface area contributed by atoms with Gasteiger partial charge in [0.2, 0.25) is 0 Å². The van der Waals surface area contributed by atoms with Crippen LogP contribution in [-0.4, -0.2) is 19.1 Å². The van der Waals surface area contributed by atoms with E-state index in [0.717, 1.165) is 22.3 Å². The molecule has 108 valence electrons. The van der Waals surface area contributed by atoms with Gasteiger partial charge in [0.25, 0.3) is 0 Å². The summed E-state index contributed by atoms with van der Waals surface area (Å²) in [5.74, 6) is 0.817. The quantitative estimate of drug-likeness (QED) is 0.852. The van der Waals surface area contributed by atoms with Crippen LogP contribution in [0.25, 0.3) is 11.0 Å². The molecule has 0 amide bonds. The van der Waals surface area contributed by atoms with Crippen molar-refractivity contribution in [1.29, 1.82) is 0 Å². The van der Waals surface area contributed by atoms with Crippen molar-refractivity contribution < 1.29 is 13.9 Å². The number of esters is 1. The molecule has 0 aliphatic heterocycles. The second kappa shape index (κ2) is 6.09. The van der Waals surface area contributed by atoms with E-state index in [-0.39, 0.29) is 17.9 Å². The van der Waals surface area contributed by atoms with Crippen LogP contribution in [0.15, 0.2) is 28.7 Å². The minimum atomic E-state index is -0.312. The molecule has 0 saturated carbocycles. The molecule has 1 aromatic carbocycles. The number of methoxy groups -OCH3 is 1. The van der Waals surface area contributed by atoms with E-state index in [1.807, 2.05) is 45.0 Å². The van der Waals surface area contributed by atoms with E-state index in [1.54, 1.807) is 0 Å². The third kappa shape index (κ3) is 2.85. The molecule has 4 heteroatoms. The van der Waals surface area contributed by atoms with Crippen LogP contribution in [-0.2, 0) is 16.1 Å². The number of nitrogens with one attached hydrogen (secondary N) is 1. The third-order valence-corrected chi connectivity index (χ3v) is 3.52. The molecule has 20 heavy (non-hydrogen) atoms. The summed E-state index contributed by atoms with van der Waals surface area (Å²) in [6, 6.07) is 7.61. The van der Waals surface area contributed by atoms with E-state index >= 15 is 0 Å². The molecule has 4 nitrogen and oxygen atoms in total. The molecule has 1 aromatic heterocycles. The third-order valence-electron chi connectivity index (χ3n) is 3.52. The van der Waals surface area contributed by atoms with Gasteiger partial charge in [-0.05, 0) is 18.9 Å². The summed E-state index contributed by atoms with van der Waals surface area (Å²) in [4.78, 5) is 11.8. The van der Waals surface area contributed by atoms with Gasteiger partial charge in [0.1, 0.15) is 17.4 Å². The number of para-hydroxylation sites is 1. The van der Waals surface area contributed by atoms with Gasteiger partial charge < -0.3 is 9.15 Å². The molecule has 0 saturated heterocycles. The Hall–Kier alpha value is -1.81. The lowest BCUT2D eigenvalue weighted by molar-refractivity contribution is -0.144. The largest absolute Gasteiger partial charge is 0.468 e. The first-order valence-electron chi connectivity index (χ1n) is 6.82. The van der Waals surface area contributed by atoms with Crippen molar-refractivity contribution in [2.24, 2.45) is 5.92 Å². The van der Waals surface area contributed by atoms with Crippen molar-refractivity contribution in [3.8, 4) is 0 Å². The Morgan fingerprint density at radius 1 is 1.35 bits per heavy atom. The second-order valence-corrected chi connectivity index (χ2v) is 5.26. The number of ether oxygens (including phenoxy) is 1. The summed E-state index contributed by atoms with van der Waals surface area (Å²) in [5.41, 5.74) is 1.97. The van der Waals surface area contributed by atoms with Crippen LogP contribution in [0.5, 0.6) is 0 Å². The minimum Gasteiger partial charge on any atom is -0.468 e. The normalized spacial score (nSPS) is 12.8. The molecule has 0 radical (unpaired) electrons. The Balaban J connectivity index is 2.20. The number of hydrogen-bond acceptors (Lipinski definition) is 4. The zero-order chi connectivity index (χ0) is 14.7. The van der Waals surface area contributed by atoms with Crippen molar-refractivity contribution in [2.75, 3.05) is 7.11 Å². The van der Waals surface area contributed by atoms with Crippen LogP contribution < -0.4 is 5.32 Å². The predicted molar refractivity (Wildman–Crippen MR) is 78.4 cm³/mol. The molecule has 2 rings (SSSR count). The summed E-state index contributed by atoms with van der Waals surface area (Å²) in [7, 11) is 1.41. The monoisotopic (exact) mass is 275 g/mol. The molecule has 0 aliphatic rings. The van der Waals surface area contributed by atoms with Gasteiger partial charge in [-0.15, -0.1) is 0 Å². The summed E-state index contributed by atoms with van der Waals surface area (Å²) in [6.45, 7) is 6.52. The standard InChI is InChI=1S/C16H21NO3/c1-10(2)15(16(18)19-4)17-9-13-11(3)20-14-8-6-5-7-12(13)14/h5-8,10,15,17H,9H2,1-4H3/t15-/m0/s1. The van der Waals surface area contributed by atoms with Gasteiger partial charge in [0.05, 0.1) is 7.11 Å². The van der Waals surface area contributed by atoms with Crippen molar-refractivity contribution in [3.05, 3.63) is 35.6 Å². The molecule has 1 N–H and O–H groups in total. The second-order valence-electron chi connectivity index (χ2n) is 5.26. The minimum absolute atomic E-state index is 0.168. The van der Waals surface area contributed by atoms with E-state index in [2.05, 4.69) is 5.32 Å². The van der Waals surface area contributed by atoms with Gasteiger partial charge in [0.15, 0.2) is 0 Å². The average molecular weight is 275 g/mol. The highest BCUT2D eigenvalue weighted by molar-refractivity contribution is 5.82. The SMILES string of the molecule is COC(=O)[C@@H](NCc1c(C)oc2ccccc12)C(C)C. The Kier molecular flexibility index (Phi) is 4.45. The van der Waals surface area contributed by atoms with Gasteiger partial charge in [-0.25, -0.2) is 0 Å². The number of carbonyl (C=O) groups is 1. The molecule has 0 aliphatic carbocycles. The Morgan fingerprint density at radius 2 is 2.05 bits per heavy atom. The predicted octanol–water partition coefficient (Wildman–Crippen LogP) is 3.03. The number of aryl methyl sites for hydroxylation is 1. The average Bonchev–Trinajstić information content (AvgIpc) is 2.74. The summed E-state index contributed by atoms with van der Waals surface area (Å²) < 4.78 is 10.6. The lowest BCUT2D eigenvalue weighted by Crippen LogP contribution is -2.41.